The van der Waals surface area contributed by atoms with Crippen molar-refractivity contribution in [2.75, 3.05) is 26.4 Å². The van der Waals surface area contributed by atoms with Gasteiger partial charge in [0.05, 0.1) is 0 Å². The number of rotatable bonds is 6. The van der Waals surface area contributed by atoms with Crippen molar-refractivity contribution in [3.8, 4) is 0 Å². The zero-order valence-corrected chi connectivity index (χ0v) is 10.6. The van der Waals surface area contributed by atoms with E-state index in [1.807, 2.05) is 18.8 Å². The van der Waals surface area contributed by atoms with Crippen LogP contribution in [0.25, 0.3) is 0 Å². The monoisotopic (exact) mass is 230 g/mol. The summed E-state index contributed by atoms with van der Waals surface area (Å²) in [6.07, 6.45) is 7.87. The minimum atomic E-state index is 0.171. The highest BCUT2D eigenvalue weighted by Crippen LogP contribution is 2.39. The Labute approximate surface area is 96.8 Å². The van der Waals surface area contributed by atoms with Crippen molar-refractivity contribution in [3.05, 3.63) is 0 Å². The number of carbonyl (C=O) groups is 1. The van der Waals surface area contributed by atoms with E-state index in [4.69, 9.17) is 0 Å². The molecule has 0 atom stereocenters. The molecule has 0 aliphatic heterocycles. The predicted octanol–water partition coefficient (Wildman–Crippen LogP) is 1.39. The first-order valence-corrected chi connectivity index (χ1v) is 6.91. The van der Waals surface area contributed by atoms with Crippen molar-refractivity contribution in [2.24, 2.45) is 0 Å². The maximum atomic E-state index is 11.5. The van der Waals surface area contributed by atoms with Crippen LogP contribution < -0.4 is 10.6 Å². The lowest BCUT2D eigenvalue weighted by atomic mass is 10.1. The van der Waals surface area contributed by atoms with E-state index in [1.165, 1.54) is 25.7 Å². The number of amides is 1. The van der Waals surface area contributed by atoms with Gasteiger partial charge < -0.3 is 10.6 Å². The van der Waals surface area contributed by atoms with E-state index in [0.717, 1.165) is 13.1 Å². The molecule has 0 bridgehead atoms. The zero-order valence-electron chi connectivity index (χ0n) is 9.77. The molecular formula is C11H22N2OS. The molecule has 1 saturated carbocycles. The maximum Gasteiger partial charge on any atom is 0.221 e. The van der Waals surface area contributed by atoms with Crippen LogP contribution in [0, 0.1) is 0 Å². The molecule has 2 N–H and O–H groups in total. The van der Waals surface area contributed by atoms with Crippen LogP contribution in [-0.2, 0) is 4.79 Å². The number of hydrogen-bond acceptors (Lipinski definition) is 3. The van der Waals surface area contributed by atoms with Gasteiger partial charge in [0.2, 0.25) is 5.91 Å². The molecule has 0 heterocycles. The second kappa shape index (κ2) is 6.38. The molecule has 0 saturated heterocycles. The lowest BCUT2D eigenvalue weighted by Gasteiger charge is -2.26. The van der Waals surface area contributed by atoms with E-state index < -0.39 is 0 Å². The van der Waals surface area contributed by atoms with Crippen LogP contribution in [0.4, 0.5) is 0 Å². The van der Waals surface area contributed by atoms with Crippen LogP contribution in [0.15, 0.2) is 0 Å². The van der Waals surface area contributed by atoms with Gasteiger partial charge in [0.25, 0.3) is 0 Å². The van der Waals surface area contributed by atoms with Crippen molar-refractivity contribution in [1.82, 2.24) is 10.6 Å². The van der Waals surface area contributed by atoms with Crippen LogP contribution >= 0.6 is 11.8 Å². The Bertz CT molecular complexity index is 203. The molecule has 0 aromatic carbocycles. The van der Waals surface area contributed by atoms with Crippen LogP contribution in [0.5, 0.6) is 0 Å². The Morgan fingerprint density at radius 2 is 2.07 bits per heavy atom. The Kier molecular flexibility index (Phi) is 5.47. The van der Waals surface area contributed by atoms with E-state index in [1.54, 1.807) is 0 Å². The average molecular weight is 230 g/mol. The van der Waals surface area contributed by atoms with E-state index in [0.29, 0.717) is 11.2 Å². The zero-order chi connectivity index (χ0) is 11.1. The normalized spacial score (nSPS) is 19.1. The molecule has 1 amide bonds. The lowest BCUT2D eigenvalue weighted by Crippen LogP contribution is -2.39. The first-order valence-electron chi connectivity index (χ1n) is 5.69. The standard InChI is InChI=1S/C11H22N2OS/c1-12-8-5-10(14)13-9-11(15-2)6-3-4-7-11/h12H,3-9H2,1-2H3,(H,13,14). The molecule has 0 spiro atoms. The molecule has 0 radical (unpaired) electrons. The van der Waals surface area contributed by atoms with Gasteiger partial charge >= 0.3 is 0 Å². The van der Waals surface area contributed by atoms with E-state index in [9.17, 15) is 4.79 Å². The number of nitrogens with one attached hydrogen (secondary N) is 2. The smallest absolute Gasteiger partial charge is 0.221 e. The molecule has 1 aliphatic carbocycles. The fraction of sp³-hybridized carbons (Fsp3) is 0.909. The molecule has 1 fully saturated rings. The Balaban J connectivity index is 2.25. The SMILES string of the molecule is CNCCC(=O)NCC1(SC)CCCC1. The fourth-order valence-electron chi connectivity index (χ4n) is 2.06. The summed E-state index contributed by atoms with van der Waals surface area (Å²) in [5.41, 5.74) is 0. The summed E-state index contributed by atoms with van der Waals surface area (Å²) >= 11 is 1.92. The van der Waals surface area contributed by atoms with Gasteiger partial charge in [0.1, 0.15) is 0 Å². The summed E-state index contributed by atoms with van der Waals surface area (Å²) in [5.74, 6) is 0.171. The van der Waals surface area contributed by atoms with Gasteiger partial charge in [-0.2, -0.15) is 11.8 Å². The van der Waals surface area contributed by atoms with Gasteiger partial charge in [-0.25, -0.2) is 0 Å². The first kappa shape index (κ1) is 12.8. The van der Waals surface area contributed by atoms with Crippen LogP contribution in [0.1, 0.15) is 32.1 Å². The molecule has 3 nitrogen and oxygen atoms in total. The second-order valence-corrected chi connectivity index (χ2v) is 5.50. The van der Waals surface area contributed by atoms with Gasteiger partial charge in [0.15, 0.2) is 0 Å². The third-order valence-electron chi connectivity index (χ3n) is 3.16. The molecule has 0 aromatic heterocycles. The van der Waals surface area contributed by atoms with Crippen LogP contribution in [-0.4, -0.2) is 37.0 Å². The highest BCUT2D eigenvalue weighted by molar-refractivity contribution is 8.00. The van der Waals surface area contributed by atoms with Gasteiger partial charge in [-0.3, -0.25) is 4.79 Å². The fourth-order valence-corrected chi connectivity index (χ4v) is 2.97. The number of hydrogen-bond donors (Lipinski definition) is 2. The summed E-state index contributed by atoms with van der Waals surface area (Å²) in [6.45, 7) is 1.61. The molecule has 4 heteroatoms. The minimum Gasteiger partial charge on any atom is -0.355 e. The minimum absolute atomic E-state index is 0.171. The molecular weight excluding hydrogens is 208 g/mol. The largest absolute Gasteiger partial charge is 0.355 e. The van der Waals surface area contributed by atoms with Crippen molar-refractivity contribution < 1.29 is 4.79 Å². The molecule has 1 aliphatic rings. The number of carbonyl (C=O) groups excluding carboxylic acids is 1. The third-order valence-corrected chi connectivity index (χ3v) is 4.58. The van der Waals surface area contributed by atoms with Crippen LogP contribution in [0.3, 0.4) is 0 Å². The summed E-state index contributed by atoms with van der Waals surface area (Å²) in [7, 11) is 1.87. The van der Waals surface area contributed by atoms with Gasteiger partial charge in [0, 0.05) is 24.3 Å². The number of thioether (sulfide) groups is 1. The molecule has 0 unspecified atom stereocenters. The quantitative estimate of drug-likeness (QED) is 0.724. The van der Waals surface area contributed by atoms with Crippen molar-refractivity contribution >= 4 is 17.7 Å². The third kappa shape index (κ3) is 4.03. The van der Waals surface area contributed by atoms with Gasteiger partial charge in [-0.1, -0.05) is 12.8 Å². The van der Waals surface area contributed by atoms with E-state index >= 15 is 0 Å². The Morgan fingerprint density at radius 3 is 2.60 bits per heavy atom. The van der Waals surface area contributed by atoms with Crippen LogP contribution in [0.2, 0.25) is 0 Å². The molecule has 15 heavy (non-hydrogen) atoms. The van der Waals surface area contributed by atoms with Gasteiger partial charge in [-0.15, -0.1) is 0 Å². The van der Waals surface area contributed by atoms with Crippen molar-refractivity contribution in [1.29, 1.82) is 0 Å². The van der Waals surface area contributed by atoms with Gasteiger partial charge in [-0.05, 0) is 26.1 Å². The maximum absolute atomic E-state index is 11.5. The topological polar surface area (TPSA) is 41.1 Å². The summed E-state index contributed by atoms with van der Waals surface area (Å²) < 4.78 is 0.329. The lowest BCUT2D eigenvalue weighted by molar-refractivity contribution is -0.121. The molecule has 88 valence electrons. The molecule has 1 rings (SSSR count). The average Bonchev–Trinajstić information content (AvgIpc) is 2.73. The van der Waals surface area contributed by atoms with Crippen molar-refractivity contribution in [2.45, 2.75) is 36.9 Å². The summed E-state index contributed by atoms with van der Waals surface area (Å²) in [5, 5.41) is 6.04. The van der Waals surface area contributed by atoms with Crippen molar-refractivity contribution in [3.63, 3.8) is 0 Å². The first-order chi connectivity index (χ1) is 7.22. The summed E-state index contributed by atoms with van der Waals surface area (Å²) in [6, 6.07) is 0. The second-order valence-electron chi connectivity index (χ2n) is 4.22. The highest BCUT2D eigenvalue weighted by Gasteiger charge is 2.32. The Hall–Kier alpha value is -0.220. The molecule has 0 aromatic rings. The van der Waals surface area contributed by atoms with E-state index in [2.05, 4.69) is 16.9 Å². The predicted molar refractivity (Wildman–Crippen MR) is 66.3 cm³/mol. The Morgan fingerprint density at radius 1 is 1.40 bits per heavy atom. The van der Waals surface area contributed by atoms with E-state index in [-0.39, 0.29) is 5.91 Å². The highest BCUT2D eigenvalue weighted by atomic mass is 32.2. The summed E-state index contributed by atoms with van der Waals surface area (Å²) in [4.78, 5) is 11.5.